The van der Waals surface area contributed by atoms with Gasteiger partial charge in [0, 0.05) is 25.7 Å². The number of carbonyl (C=O) groups is 2. The maximum Gasteiger partial charge on any atom is 0.234 e. The molecular weight excluding hydrogens is 304 g/mol. The van der Waals surface area contributed by atoms with Crippen LogP contribution in [-0.2, 0) is 9.59 Å². The van der Waals surface area contributed by atoms with Gasteiger partial charge < -0.3 is 16.4 Å². The molecule has 1 fully saturated rings. The molecule has 2 unspecified atom stereocenters. The third-order valence-electron chi connectivity index (χ3n) is 4.08. The lowest BCUT2D eigenvalue weighted by Gasteiger charge is -2.32. The highest BCUT2D eigenvalue weighted by Gasteiger charge is 2.26. The van der Waals surface area contributed by atoms with Gasteiger partial charge in [-0.05, 0) is 32.2 Å². The number of hydrogen-bond donors (Lipinski definition) is 3. The lowest BCUT2D eigenvalue weighted by molar-refractivity contribution is -0.129. The third kappa shape index (κ3) is 7.42. The molecule has 1 aliphatic heterocycles. The van der Waals surface area contributed by atoms with Crippen molar-refractivity contribution in [1.82, 2.24) is 15.5 Å². The van der Waals surface area contributed by atoms with Crippen LogP contribution in [0, 0.1) is 11.8 Å². The first-order chi connectivity index (χ1) is 9.93. The van der Waals surface area contributed by atoms with Crippen LogP contribution in [0.15, 0.2) is 0 Å². The maximum absolute atomic E-state index is 12.0. The lowest BCUT2D eigenvalue weighted by Crippen LogP contribution is -2.48. The van der Waals surface area contributed by atoms with Crippen LogP contribution in [-0.4, -0.2) is 55.5 Å². The van der Waals surface area contributed by atoms with Crippen LogP contribution in [0.3, 0.4) is 0 Å². The van der Waals surface area contributed by atoms with Gasteiger partial charge in [0.15, 0.2) is 0 Å². The van der Waals surface area contributed by atoms with E-state index >= 15 is 0 Å². The van der Waals surface area contributed by atoms with Gasteiger partial charge in [-0.25, -0.2) is 0 Å². The summed E-state index contributed by atoms with van der Waals surface area (Å²) < 4.78 is 0. The van der Waals surface area contributed by atoms with Crippen LogP contribution < -0.4 is 16.4 Å². The van der Waals surface area contributed by atoms with Gasteiger partial charge >= 0.3 is 0 Å². The monoisotopic (exact) mass is 334 g/mol. The standard InChI is InChI=1S/C15H30N4O2.ClH/c1-11(2)12(3)18-14(20)10-19-8-4-5-13(9-19)15(21)17-7-6-16;/h11-13H,4-10,16H2,1-3H3,(H,17,21)(H,18,20);1H. The molecule has 1 heterocycles. The number of carbonyl (C=O) groups excluding carboxylic acids is 2. The van der Waals surface area contributed by atoms with Gasteiger partial charge in [-0.2, -0.15) is 0 Å². The molecule has 1 saturated heterocycles. The minimum atomic E-state index is -0.0272. The zero-order valence-corrected chi connectivity index (χ0v) is 14.7. The molecule has 130 valence electrons. The Morgan fingerprint density at radius 2 is 2.00 bits per heavy atom. The van der Waals surface area contributed by atoms with Crippen molar-refractivity contribution in [2.24, 2.45) is 17.6 Å². The molecular formula is C15H31ClN4O2. The van der Waals surface area contributed by atoms with Gasteiger partial charge in [-0.1, -0.05) is 13.8 Å². The smallest absolute Gasteiger partial charge is 0.234 e. The molecule has 22 heavy (non-hydrogen) atoms. The van der Waals surface area contributed by atoms with Crippen LogP contribution in [0.1, 0.15) is 33.6 Å². The topological polar surface area (TPSA) is 87.5 Å². The van der Waals surface area contributed by atoms with E-state index in [-0.39, 0.29) is 36.2 Å². The number of nitrogens with zero attached hydrogens (tertiary/aromatic N) is 1. The van der Waals surface area contributed by atoms with Crippen molar-refractivity contribution in [3.8, 4) is 0 Å². The molecule has 2 atom stereocenters. The highest BCUT2D eigenvalue weighted by atomic mass is 35.5. The summed E-state index contributed by atoms with van der Waals surface area (Å²) in [5.74, 6) is 0.492. The molecule has 0 radical (unpaired) electrons. The van der Waals surface area contributed by atoms with Gasteiger partial charge in [-0.15, -0.1) is 12.4 Å². The Morgan fingerprint density at radius 1 is 1.32 bits per heavy atom. The van der Waals surface area contributed by atoms with E-state index in [1.165, 1.54) is 0 Å². The van der Waals surface area contributed by atoms with E-state index in [1.807, 2.05) is 6.92 Å². The Hall–Kier alpha value is -0.850. The van der Waals surface area contributed by atoms with Gasteiger partial charge in [-0.3, -0.25) is 14.5 Å². The van der Waals surface area contributed by atoms with Gasteiger partial charge in [0.2, 0.25) is 11.8 Å². The van der Waals surface area contributed by atoms with E-state index in [1.54, 1.807) is 0 Å². The number of piperidine rings is 1. The van der Waals surface area contributed by atoms with Crippen molar-refractivity contribution in [1.29, 1.82) is 0 Å². The summed E-state index contributed by atoms with van der Waals surface area (Å²) >= 11 is 0. The summed E-state index contributed by atoms with van der Waals surface area (Å²) in [5.41, 5.74) is 5.39. The molecule has 2 amide bonds. The van der Waals surface area contributed by atoms with E-state index in [0.717, 1.165) is 19.4 Å². The average molecular weight is 335 g/mol. The molecule has 0 saturated carbocycles. The number of rotatable bonds is 7. The van der Waals surface area contributed by atoms with E-state index in [0.29, 0.717) is 32.1 Å². The van der Waals surface area contributed by atoms with Crippen LogP contribution in [0.4, 0.5) is 0 Å². The Kier molecular flexibility index (Phi) is 10.4. The summed E-state index contributed by atoms with van der Waals surface area (Å²) in [4.78, 5) is 26.0. The molecule has 0 aliphatic carbocycles. The largest absolute Gasteiger partial charge is 0.355 e. The van der Waals surface area contributed by atoms with Crippen LogP contribution >= 0.6 is 12.4 Å². The fraction of sp³-hybridized carbons (Fsp3) is 0.867. The maximum atomic E-state index is 12.0. The fourth-order valence-corrected chi connectivity index (χ4v) is 2.42. The summed E-state index contributed by atoms with van der Waals surface area (Å²) in [6, 6.07) is 0.172. The highest BCUT2D eigenvalue weighted by molar-refractivity contribution is 5.85. The van der Waals surface area contributed by atoms with Gasteiger partial charge in [0.05, 0.1) is 12.5 Å². The Morgan fingerprint density at radius 3 is 2.59 bits per heavy atom. The highest BCUT2D eigenvalue weighted by Crippen LogP contribution is 2.16. The molecule has 7 heteroatoms. The predicted molar refractivity (Wildman–Crippen MR) is 90.9 cm³/mol. The molecule has 0 aromatic rings. The van der Waals surface area contributed by atoms with Crippen molar-refractivity contribution in [3.05, 3.63) is 0 Å². The zero-order valence-electron chi connectivity index (χ0n) is 13.9. The molecule has 0 aromatic carbocycles. The van der Waals surface area contributed by atoms with Crippen LogP contribution in [0.5, 0.6) is 0 Å². The molecule has 1 aliphatic rings. The minimum Gasteiger partial charge on any atom is -0.355 e. The summed E-state index contributed by atoms with van der Waals surface area (Å²) in [6.07, 6.45) is 1.84. The lowest BCUT2D eigenvalue weighted by atomic mass is 9.97. The number of nitrogens with two attached hydrogens (primary N) is 1. The number of halogens is 1. The van der Waals surface area contributed by atoms with Crippen LogP contribution in [0.2, 0.25) is 0 Å². The van der Waals surface area contributed by atoms with E-state index < -0.39 is 0 Å². The molecule has 0 spiro atoms. The number of amides is 2. The second kappa shape index (κ2) is 10.8. The van der Waals surface area contributed by atoms with Crippen molar-refractivity contribution in [2.75, 3.05) is 32.7 Å². The zero-order chi connectivity index (χ0) is 15.8. The van der Waals surface area contributed by atoms with Crippen molar-refractivity contribution < 1.29 is 9.59 Å². The molecule has 4 N–H and O–H groups in total. The normalized spacial score (nSPS) is 20.1. The van der Waals surface area contributed by atoms with Gasteiger partial charge in [0.1, 0.15) is 0 Å². The first-order valence-electron chi connectivity index (χ1n) is 7.93. The average Bonchev–Trinajstić information content (AvgIpc) is 2.44. The number of likely N-dealkylation sites (tertiary alicyclic amines) is 1. The van der Waals surface area contributed by atoms with Gasteiger partial charge in [0.25, 0.3) is 0 Å². The molecule has 6 nitrogen and oxygen atoms in total. The third-order valence-corrected chi connectivity index (χ3v) is 4.08. The summed E-state index contributed by atoms with van der Waals surface area (Å²) in [6.45, 7) is 9.07. The molecule has 0 aromatic heterocycles. The first-order valence-corrected chi connectivity index (χ1v) is 7.93. The second-order valence-electron chi connectivity index (χ2n) is 6.25. The molecule has 0 bridgehead atoms. The van der Waals surface area contributed by atoms with Crippen molar-refractivity contribution in [3.63, 3.8) is 0 Å². The van der Waals surface area contributed by atoms with E-state index in [2.05, 4.69) is 29.4 Å². The Bertz CT molecular complexity index is 352. The molecule has 1 rings (SSSR count). The number of hydrogen-bond acceptors (Lipinski definition) is 4. The van der Waals surface area contributed by atoms with E-state index in [9.17, 15) is 9.59 Å². The SMILES string of the molecule is CC(C)C(C)NC(=O)CN1CCCC(C(=O)NCCN)C1.Cl. The Balaban J connectivity index is 0.00000441. The van der Waals surface area contributed by atoms with Crippen LogP contribution in [0.25, 0.3) is 0 Å². The quantitative estimate of drug-likeness (QED) is 0.627. The van der Waals surface area contributed by atoms with Crippen molar-refractivity contribution >= 4 is 24.2 Å². The first kappa shape index (κ1) is 21.1. The fourth-order valence-electron chi connectivity index (χ4n) is 2.42. The Labute approximate surface area is 140 Å². The minimum absolute atomic E-state index is 0. The number of nitrogens with one attached hydrogen (secondary N) is 2. The van der Waals surface area contributed by atoms with Crippen molar-refractivity contribution in [2.45, 2.75) is 39.7 Å². The summed E-state index contributed by atoms with van der Waals surface area (Å²) in [5, 5.41) is 5.84. The van der Waals surface area contributed by atoms with E-state index in [4.69, 9.17) is 5.73 Å². The predicted octanol–water partition coefficient (Wildman–Crippen LogP) is 0.356. The second-order valence-corrected chi connectivity index (χ2v) is 6.25. The summed E-state index contributed by atoms with van der Waals surface area (Å²) in [7, 11) is 0.